The highest BCUT2D eigenvalue weighted by Crippen LogP contribution is 2.20. The molecular weight excluding hydrogens is 235 g/mol. The minimum atomic E-state index is -0.302. The van der Waals surface area contributed by atoms with Gasteiger partial charge in [-0.2, -0.15) is 0 Å². The van der Waals surface area contributed by atoms with Gasteiger partial charge in [0.1, 0.15) is 11.6 Å². The van der Waals surface area contributed by atoms with Crippen LogP contribution in [-0.4, -0.2) is 9.97 Å². The summed E-state index contributed by atoms with van der Waals surface area (Å²) < 4.78 is 14.0. The molecule has 2 nitrogen and oxygen atoms in total. The van der Waals surface area contributed by atoms with Crippen LogP contribution in [0.3, 0.4) is 0 Å². The maximum Gasteiger partial charge on any atom is 0.135 e. The van der Waals surface area contributed by atoms with Crippen LogP contribution < -0.4 is 0 Å². The summed E-state index contributed by atoms with van der Waals surface area (Å²) in [6, 6.07) is 3.17. The van der Waals surface area contributed by atoms with E-state index in [0.29, 0.717) is 21.2 Å². The highest BCUT2D eigenvalue weighted by molar-refractivity contribution is 9.10. The lowest BCUT2D eigenvalue weighted by Gasteiger charge is -1.99. The number of benzene rings is 1. The van der Waals surface area contributed by atoms with E-state index in [1.165, 1.54) is 12.3 Å². The van der Waals surface area contributed by atoms with Crippen LogP contribution >= 0.6 is 15.9 Å². The molecule has 0 aliphatic rings. The standard InChI is InChI=1S/C9H6BrFN2/c1-5-12-4-7-8(11)2-6(10)3-9(7)13-5/h2-4H,1H3. The minimum Gasteiger partial charge on any atom is -0.241 e. The molecule has 1 aromatic carbocycles. The molecule has 2 aromatic rings. The predicted octanol–water partition coefficient (Wildman–Crippen LogP) is 2.84. The third kappa shape index (κ3) is 1.54. The monoisotopic (exact) mass is 240 g/mol. The van der Waals surface area contributed by atoms with E-state index in [9.17, 15) is 4.39 Å². The summed E-state index contributed by atoms with van der Waals surface area (Å²) in [6.45, 7) is 1.78. The van der Waals surface area contributed by atoms with Crippen LogP contribution in [0.25, 0.3) is 10.9 Å². The maximum atomic E-state index is 13.3. The van der Waals surface area contributed by atoms with Crippen molar-refractivity contribution in [2.75, 3.05) is 0 Å². The zero-order valence-electron chi connectivity index (χ0n) is 6.88. The van der Waals surface area contributed by atoms with Crippen molar-refractivity contribution < 1.29 is 4.39 Å². The number of fused-ring (bicyclic) bond motifs is 1. The second kappa shape index (κ2) is 3.03. The van der Waals surface area contributed by atoms with Crippen LogP contribution in [0.5, 0.6) is 0 Å². The zero-order valence-corrected chi connectivity index (χ0v) is 8.47. The summed E-state index contributed by atoms with van der Waals surface area (Å²) in [5.74, 6) is 0.342. The smallest absolute Gasteiger partial charge is 0.135 e. The SMILES string of the molecule is Cc1ncc2c(F)cc(Br)cc2n1. The van der Waals surface area contributed by atoms with Crippen LogP contribution in [-0.2, 0) is 0 Å². The first-order chi connectivity index (χ1) is 6.16. The predicted molar refractivity (Wildman–Crippen MR) is 51.9 cm³/mol. The van der Waals surface area contributed by atoms with Crippen molar-refractivity contribution in [3.8, 4) is 0 Å². The van der Waals surface area contributed by atoms with E-state index >= 15 is 0 Å². The Labute approximate surface area is 83.0 Å². The Kier molecular flexibility index (Phi) is 2.00. The molecule has 2 rings (SSSR count). The summed E-state index contributed by atoms with van der Waals surface area (Å²) in [4.78, 5) is 8.05. The molecule has 0 saturated carbocycles. The molecule has 13 heavy (non-hydrogen) atoms. The van der Waals surface area contributed by atoms with Crippen LogP contribution in [0.2, 0.25) is 0 Å². The molecule has 0 N–H and O–H groups in total. The van der Waals surface area contributed by atoms with Gasteiger partial charge in [-0.05, 0) is 19.1 Å². The van der Waals surface area contributed by atoms with E-state index < -0.39 is 0 Å². The molecule has 0 spiro atoms. The Balaban J connectivity index is 2.86. The van der Waals surface area contributed by atoms with E-state index in [1.54, 1.807) is 13.0 Å². The average Bonchev–Trinajstić information content (AvgIpc) is 2.02. The Hall–Kier alpha value is -1.03. The van der Waals surface area contributed by atoms with Gasteiger partial charge in [-0.3, -0.25) is 0 Å². The van der Waals surface area contributed by atoms with Crippen molar-refractivity contribution >= 4 is 26.8 Å². The average molecular weight is 241 g/mol. The summed E-state index contributed by atoms with van der Waals surface area (Å²) in [7, 11) is 0. The first-order valence-corrected chi connectivity index (χ1v) is 4.54. The van der Waals surface area contributed by atoms with Gasteiger partial charge in [0.2, 0.25) is 0 Å². The fourth-order valence-electron chi connectivity index (χ4n) is 1.15. The molecule has 0 bridgehead atoms. The van der Waals surface area contributed by atoms with Gasteiger partial charge in [-0.15, -0.1) is 0 Å². The number of nitrogens with zero attached hydrogens (tertiary/aromatic N) is 2. The second-order valence-corrected chi connectivity index (χ2v) is 3.65. The van der Waals surface area contributed by atoms with Gasteiger partial charge in [0.15, 0.2) is 0 Å². The third-order valence-electron chi connectivity index (χ3n) is 1.74. The third-order valence-corrected chi connectivity index (χ3v) is 2.19. The van der Waals surface area contributed by atoms with Gasteiger partial charge < -0.3 is 0 Å². The minimum absolute atomic E-state index is 0.302. The second-order valence-electron chi connectivity index (χ2n) is 2.74. The van der Waals surface area contributed by atoms with E-state index in [1.807, 2.05) is 0 Å². The Morgan fingerprint density at radius 1 is 1.38 bits per heavy atom. The molecule has 4 heteroatoms. The topological polar surface area (TPSA) is 25.8 Å². The van der Waals surface area contributed by atoms with Gasteiger partial charge in [0.25, 0.3) is 0 Å². The quantitative estimate of drug-likeness (QED) is 0.708. The molecule has 0 unspecified atom stereocenters. The van der Waals surface area contributed by atoms with Crippen molar-refractivity contribution in [2.45, 2.75) is 6.92 Å². The Morgan fingerprint density at radius 3 is 2.92 bits per heavy atom. The Morgan fingerprint density at radius 2 is 2.15 bits per heavy atom. The van der Waals surface area contributed by atoms with Crippen LogP contribution in [0.4, 0.5) is 4.39 Å². The van der Waals surface area contributed by atoms with Crippen molar-refractivity contribution in [1.82, 2.24) is 9.97 Å². The number of aromatic nitrogens is 2. The lowest BCUT2D eigenvalue weighted by molar-refractivity contribution is 0.638. The zero-order chi connectivity index (χ0) is 9.42. The van der Waals surface area contributed by atoms with E-state index in [0.717, 1.165) is 0 Å². The van der Waals surface area contributed by atoms with Gasteiger partial charge in [-0.25, -0.2) is 14.4 Å². The van der Waals surface area contributed by atoms with Crippen LogP contribution in [0, 0.1) is 12.7 Å². The molecule has 1 aromatic heterocycles. The lowest BCUT2D eigenvalue weighted by Crippen LogP contribution is -1.90. The maximum absolute atomic E-state index is 13.3. The summed E-state index contributed by atoms with van der Waals surface area (Å²) in [6.07, 6.45) is 1.50. The van der Waals surface area contributed by atoms with Gasteiger partial charge >= 0.3 is 0 Å². The summed E-state index contributed by atoms with van der Waals surface area (Å²) >= 11 is 3.21. The molecule has 0 amide bonds. The normalized spacial score (nSPS) is 10.7. The molecule has 0 atom stereocenters. The number of hydrogen-bond acceptors (Lipinski definition) is 2. The first kappa shape index (κ1) is 8.56. The Bertz CT molecular complexity index is 465. The molecule has 66 valence electrons. The molecule has 1 heterocycles. The molecule has 0 aliphatic carbocycles. The van der Waals surface area contributed by atoms with E-state index in [-0.39, 0.29) is 5.82 Å². The van der Waals surface area contributed by atoms with Crippen molar-refractivity contribution in [3.05, 3.63) is 34.4 Å². The number of aryl methyl sites for hydroxylation is 1. The molecule has 0 radical (unpaired) electrons. The highest BCUT2D eigenvalue weighted by atomic mass is 79.9. The summed E-state index contributed by atoms with van der Waals surface area (Å²) in [5, 5.41) is 0.453. The van der Waals surface area contributed by atoms with Crippen LogP contribution in [0.15, 0.2) is 22.8 Å². The molecule has 0 aliphatic heterocycles. The first-order valence-electron chi connectivity index (χ1n) is 3.75. The highest BCUT2D eigenvalue weighted by Gasteiger charge is 2.03. The molecule has 0 fully saturated rings. The van der Waals surface area contributed by atoms with Gasteiger partial charge in [0.05, 0.1) is 10.9 Å². The molecule has 0 saturated heterocycles. The van der Waals surface area contributed by atoms with Gasteiger partial charge in [0, 0.05) is 10.7 Å². The number of halogens is 2. The van der Waals surface area contributed by atoms with Crippen LogP contribution in [0.1, 0.15) is 5.82 Å². The van der Waals surface area contributed by atoms with E-state index in [2.05, 4.69) is 25.9 Å². The van der Waals surface area contributed by atoms with E-state index in [4.69, 9.17) is 0 Å². The largest absolute Gasteiger partial charge is 0.241 e. The van der Waals surface area contributed by atoms with Crippen molar-refractivity contribution in [2.24, 2.45) is 0 Å². The summed E-state index contributed by atoms with van der Waals surface area (Å²) in [5.41, 5.74) is 0.624. The number of hydrogen-bond donors (Lipinski definition) is 0. The molecular formula is C9H6BrFN2. The van der Waals surface area contributed by atoms with Crippen molar-refractivity contribution in [1.29, 1.82) is 0 Å². The fraction of sp³-hybridized carbons (Fsp3) is 0.111. The van der Waals surface area contributed by atoms with Gasteiger partial charge in [-0.1, -0.05) is 15.9 Å². The lowest BCUT2D eigenvalue weighted by atomic mass is 10.2. The fourth-order valence-corrected chi connectivity index (χ4v) is 1.57. The number of rotatable bonds is 0. The van der Waals surface area contributed by atoms with Crippen molar-refractivity contribution in [3.63, 3.8) is 0 Å².